The summed E-state index contributed by atoms with van der Waals surface area (Å²) in [5.74, 6) is 0.843. The van der Waals surface area contributed by atoms with Crippen molar-refractivity contribution in [3.05, 3.63) is 53.6 Å². The number of pyridine rings is 2. The van der Waals surface area contributed by atoms with E-state index in [-0.39, 0.29) is 6.03 Å². The van der Waals surface area contributed by atoms with Gasteiger partial charge in [-0.3, -0.25) is 10.3 Å². The number of carbonyl (C=O) groups is 1. The maximum atomic E-state index is 12.3. The van der Waals surface area contributed by atoms with E-state index >= 15 is 0 Å². The SMILES string of the molecule is CCNc1ccc(-c2nn(-c3cccnc3C)c3c2CCCc2nc(NC(=O)N(C)C)sc2-3)cn1. The number of hydrogen-bond acceptors (Lipinski definition) is 7. The maximum absolute atomic E-state index is 12.3. The van der Waals surface area contributed by atoms with E-state index in [9.17, 15) is 4.79 Å². The Morgan fingerprint density at radius 3 is 2.77 bits per heavy atom. The van der Waals surface area contributed by atoms with Gasteiger partial charge in [0.05, 0.1) is 33.3 Å². The lowest BCUT2D eigenvalue weighted by Gasteiger charge is -2.10. The Kier molecular flexibility index (Phi) is 6.21. The molecule has 0 atom stereocenters. The predicted molar refractivity (Wildman–Crippen MR) is 139 cm³/mol. The number of aromatic nitrogens is 5. The molecule has 0 spiro atoms. The number of rotatable bonds is 5. The van der Waals surface area contributed by atoms with Crippen molar-refractivity contribution in [1.82, 2.24) is 29.6 Å². The summed E-state index contributed by atoms with van der Waals surface area (Å²) in [7, 11) is 3.43. The minimum Gasteiger partial charge on any atom is -0.370 e. The smallest absolute Gasteiger partial charge is 0.323 e. The number of carbonyl (C=O) groups excluding carboxylic acids is 1. The van der Waals surface area contributed by atoms with Gasteiger partial charge in [-0.25, -0.2) is 19.4 Å². The third-order valence-electron chi connectivity index (χ3n) is 5.96. The first-order chi connectivity index (χ1) is 17.0. The van der Waals surface area contributed by atoms with E-state index in [2.05, 4.69) is 33.6 Å². The molecule has 0 fully saturated rings. The number of amides is 2. The van der Waals surface area contributed by atoms with Crippen LogP contribution in [0.15, 0.2) is 36.7 Å². The lowest BCUT2D eigenvalue weighted by atomic mass is 10.0. The second kappa shape index (κ2) is 9.46. The molecule has 35 heavy (non-hydrogen) atoms. The summed E-state index contributed by atoms with van der Waals surface area (Å²) in [5, 5.41) is 11.9. The lowest BCUT2D eigenvalue weighted by Crippen LogP contribution is -2.27. The van der Waals surface area contributed by atoms with Gasteiger partial charge in [-0.2, -0.15) is 5.10 Å². The van der Waals surface area contributed by atoms with E-state index in [0.29, 0.717) is 5.13 Å². The zero-order valence-electron chi connectivity index (χ0n) is 20.3. The topological polar surface area (TPSA) is 101 Å². The number of urea groups is 1. The average molecular weight is 489 g/mol. The van der Waals surface area contributed by atoms with E-state index in [0.717, 1.165) is 70.5 Å². The van der Waals surface area contributed by atoms with Crippen LogP contribution in [0.1, 0.15) is 30.3 Å². The molecular weight excluding hydrogens is 460 g/mol. The molecule has 0 radical (unpaired) electrons. The zero-order valence-corrected chi connectivity index (χ0v) is 21.1. The van der Waals surface area contributed by atoms with Gasteiger partial charge < -0.3 is 10.2 Å². The van der Waals surface area contributed by atoms with E-state index in [1.54, 1.807) is 20.3 Å². The average Bonchev–Trinajstić information content (AvgIpc) is 3.36. The van der Waals surface area contributed by atoms with E-state index in [1.807, 2.05) is 36.0 Å². The van der Waals surface area contributed by atoms with Crippen LogP contribution < -0.4 is 10.6 Å². The van der Waals surface area contributed by atoms with Gasteiger partial charge in [0.25, 0.3) is 0 Å². The molecule has 5 rings (SSSR count). The van der Waals surface area contributed by atoms with Crippen LogP contribution in [0.25, 0.3) is 27.5 Å². The molecule has 4 aromatic rings. The molecule has 0 unspecified atom stereocenters. The molecule has 0 saturated heterocycles. The molecule has 0 bridgehead atoms. The molecule has 0 aromatic carbocycles. The van der Waals surface area contributed by atoms with Gasteiger partial charge in [-0.1, -0.05) is 11.3 Å². The van der Waals surface area contributed by atoms with Gasteiger partial charge in [-0.05, 0) is 57.4 Å². The third-order valence-corrected chi connectivity index (χ3v) is 6.98. The molecule has 10 heteroatoms. The Morgan fingerprint density at radius 1 is 1.20 bits per heavy atom. The maximum Gasteiger partial charge on any atom is 0.323 e. The van der Waals surface area contributed by atoms with Crippen LogP contribution in [-0.2, 0) is 12.8 Å². The molecule has 2 amide bonds. The molecule has 4 aromatic heterocycles. The predicted octanol–water partition coefficient (Wildman–Crippen LogP) is 4.78. The summed E-state index contributed by atoms with van der Waals surface area (Å²) in [6.45, 7) is 4.86. The Labute approximate surface area is 208 Å². The lowest BCUT2D eigenvalue weighted by molar-refractivity contribution is 0.230. The number of anilines is 2. The number of thiazole rings is 1. The third kappa shape index (κ3) is 4.37. The largest absolute Gasteiger partial charge is 0.370 e. The summed E-state index contributed by atoms with van der Waals surface area (Å²) in [6, 6.07) is 7.82. The van der Waals surface area contributed by atoms with Crippen molar-refractivity contribution in [1.29, 1.82) is 0 Å². The number of nitrogens with one attached hydrogen (secondary N) is 2. The summed E-state index contributed by atoms with van der Waals surface area (Å²) in [5.41, 5.74) is 6.86. The van der Waals surface area contributed by atoms with Crippen molar-refractivity contribution in [2.45, 2.75) is 33.1 Å². The van der Waals surface area contributed by atoms with Crippen LogP contribution in [-0.4, -0.2) is 56.3 Å². The molecular formula is C25H28N8OS. The molecule has 9 nitrogen and oxygen atoms in total. The van der Waals surface area contributed by atoms with Crippen LogP contribution in [0.2, 0.25) is 0 Å². The Hall–Kier alpha value is -3.79. The van der Waals surface area contributed by atoms with Gasteiger partial charge in [0.15, 0.2) is 5.13 Å². The van der Waals surface area contributed by atoms with Crippen molar-refractivity contribution in [2.24, 2.45) is 0 Å². The van der Waals surface area contributed by atoms with Gasteiger partial charge in [0, 0.05) is 44.2 Å². The fraction of sp³-hybridized carbons (Fsp3) is 0.320. The summed E-state index contributed by atoms with van der Waals surface area (Å²) < 4.78 is 1.99. The normalized spacial score (nSPS) is 12.5. The molecule has 180 valence electrons. The van der Waals surface area contributed by atoms with Crippen molar-refractivity contribution < 1.29 is 4.79 Å². The zero-order chi connectivity index (χ0) is 24.5. The highest BCUT2D eigenvalue weighted by Crippen LogP contribution is 2.43. The first kappa shape index (κ1) is 23.0. The minimum atomic E-state index is -0.196. The second-order valence-corrected chi connectivity index (χ2v) is 9.63. The van der Waals surface area contributed by atoms with Gasteiger partial charge in [0.2, 0.25) is 0 Å². The Morgan fingerprint density at radius 2 is 2.06 bits per heavy atom. The fourth-order valence-corrected chi connectivity index (χ4v) is 5.30. The van der Waals surface area contributed by atoms with Crippen molar-refractivity contribution in [3.8, 4) is 27.5 Å². The number of hydrogen-bond donors (Lipinski definition) is 2. The second-order valence-electron chi connectivity index (χ2n) is 8.63. The summed E-state index contributed by atoms with van der Waals surface area (Å²) in [4.78, 5) is 28.7. The van der Waals surface area contributed by atoms with Crippen LogP contribution in [0.5, 0.6) is 0 Å². The van der Waals surface area contributed by atoms with Crippen molar-refractivity contribution >= 4 is 28.3 Å². The van der Waals surface area contributed by atoms with Crippen molar-refractivity contribution in [3.63, 3.8) is 0 Å². The first-order valence-corrected chi connectivity index (χ1v) is 12.5. The van der Waals surface area contributed by atoms with E-state index in [4.69, 9.17) is 10.1 Å². The van der Waals surface area contributed by atoms with Crippen LogP contribution >= 0.6 is 11.3 Å². The molecule has 0 saturated carbocycles. The minimum absolute atomic E-state index is 0.196. The van der Waals surface area contributed by atoms with Crippen molar-refractivity contribution in [2.75, 3.05) is 31.3 Å². The Balaban J connectivity index is 1.69. The molecule has 1 aliphatic carbocycles. The standard InChI is InChI=1S/C25H28N8OS/c1-5-26-20-12-11-16(14-28-20)21-17-8-6-9-18-23(35-24(29-18)30-25(34)32(3)4)22(17)33(31-21)19-10-7-13-27-15(19)2/h7,10-14H,5-6,8-9H2,1-4H3,(H,26,28)(H,29,30,34). The molecule has 1 aliphatic rings. The van der Waals surface area contributed by atoms with Gasteiger partial charge in [-0.15, -0.1) is 0 Å². The van der Waals surface area contributed by atoms with Gasteiger partial charge >= 0.3 is 6.03 Å². The number of aryl methyl sites for hydroxylation is 2. The fourth-order valence-electron chi connectivity index (χ4n) is 4.24. The summed E-state index contributed by atoms with van der Waals surface area (Å²) >= 11 is 1.49. The van der Waals surface area contributed by atoms with Crippen LogP contribution in [0.3, 0.4) is 0 Å². The van der Waals surface area contributed by atoms with Crippen LogP contribution in [0.4, 0.5) is 15.7 Å². The highest BCUT2D eigenvalue weighted by atomic mass is 32.1. The van der Waals surface area contributed by atoms with E-state index < -0.39 is 0 Å². The quantitative estimate of drug-likeness (QED) is 0.419. The molecule has 4 heterocycles. The Bertz CT molecular complexity index is 1370. The number of fused-ring (bicyclic) bond motifs is 3. The van der Waals surface area contributed by atoms with Gasteiger partial charge in [0.1, 0.15) is 5.82 Å². The molecule has 2 N–H and O–H groups in total. The number of nitrogens with zero attached hydrogens (tertiary/aromatic N) is 6. The highest BCUT2D eigenvalue weighted by molar-refractivity contribution is 7.19. The van der Waals surface area contributed by atoms with Crippen LogP contribution in [0, 0.1) is 6.92 Å². The molecule has 0 aliphatic heterocycles. The monoisotopic (exact) mass is 488 g/mol. The highest BCUT2D eigenvalue weighted by Gasteiger charge is 2.29. The summed E-state index contributed by atoms with van der Waals surface area (Å²) in [6.07, 6.45) is 6.32. The van der Waals surface area contributed by atoms with E-state index in [1.165, 1.54) is 21.8 Å². The first-order valence-electron chi connectivity index (χ1n) is 11.7.